The minimum absolute atomic E-state index is 0.901. The van der Waals surface area contributed by atoms with E-state index in [4.69, 9.17) is 0 Å². The maximum Gasteiger partial charge on any atom is 0.0337 e. The molecule has 0 amide bonds. The quantitative estimate of drug-likeness (QED) is 0.837. The van der Waals surface area contributed by atoms with Crippen molar-refractivity contribution < 1.29 is 0 Å². The van der Waals surface area contributed by atoms with Gasteiger partial charge in [-0.1, -0.05) is 42.0 Å². The topological polar surface area (TPSA) is 24.1 Å². The SMILES string of the molecule is CNc1ccc(CNCc2ccc(C)cc2)cc1. The zero-order valence-corrected chi connectivity index (χ0v) is 11.0. The van der Waals surface area contributed by atoms with Crippen LogP contribution in [-0.4, -0.2) is 7.05 Å². The van der Waals surface area contributed by atoms with Crippen LogP contribution in [0.4, 0.5) is 5.69 Å². The first-order valence-electron chi connectivity index (χ1n) is 6.31. The molecule has 2 aromatic carbocycles. The van der Waals surface area contributed by atoms with E-state index in [-0.39, 0.29) is 0 Å². The van der Waals surface area contributed by atoms with E-state index in [2.05, 4.69) is 66.1 Å². The molecule has 0 radical (unpaired) electrons. The number of anilines is 1. The summed E-state index contributed by atoms with van der Waals surface area (Å²) in [5, 5.41) is 6.58. The monoisotopic (exact) mass is 240 g/mol. The summed E-state index contributed by atoms with van der Waals surface area (Å²) in [7, 11) is 1.94. The molecule has 0 saturated carbocycles. The van der Waals surface area contributed by atoms with Crippen molar-refractivity contribution in [2.45, 2.75) is 20.0 Å². The van der Waals surface area contributed by atoms with Crippen LogP contribution in [0.3, 0.4) is 0 Å². The summed E-state index contributed by atoms with van der Waals surface area (Å²) in [6.45, 7) is 3.92. The predicted molar refractivity (Wildman–Crippen MR) is 77.7 cm³/mol. The molecule has 0 bridgehead atoms. The standard InChI is InChI=1S/C16H20N2/c1-13-3-5-14(6-4-13)11-18-12-15-7-9-16(17-2)10-8-15/h3-10,17-18H,11-12H2,1-2H3. The zero-order chi connectivity index (χ0) is 12.8. The Balaban J connectivity index is 1.82. The van der Waals surface area contributed by atoms with Crippen molar-refractivity contribution in [1.82, 2.24) is 5.32 Å². The number of benzene rings is 2. The smallest absolute Gasteiger partial charge is 0.0337 e. The van der Waals surface area contributed by atoms with Crippen LogP contribution in [0.5, 0.6) is 0 Å². The molecule has 0 aliphatic heterocycles. The second-order valence-corrected chi connectivity index (χ2v) is 4.54. The minimum atomic E-state index is 0.901. The molecule has 0 saturated heterocycles. The van der Waals surface area contributed by atoms with Crippen LogP contribution in [0.15, 0.2) is 48.5 Å². The average Bonchev–Trinajstić information content (AvgIpc) is 2.42. The Hall–Kier alpha value is -1.80. The van der Waals surface area contributed by atoms with E-state index < -0.39 is 0 Å². The molecule has 0 aliphatic rings. The summed E-state index contributed by atoms with van der Waals surface area (Å²) in [6, 6.07) is 17.1. The fraction of sp³-hybridized carbons (Fsp3) is 0.250. The fourth-order valence-electron chi connectivity index (χ4n) is 1.85. The van der Waals surface area contributed by atoms with Crippen LogP contribution in [-0.2, 0) is 13.1 Å². The van der Waals surface area contributed by atoms with Crippen molar-refractivity contribution in [2.75, 3.05) is 12.4 Å². The number of nitrogens with one attached hydrogen (secondary N) is 2. The molecule has 0 heterocycles. The largest absolute Gasteiger partial charge is 0.388 e. The molecule has 18 heavy (non-hydrogen) atoms. The highest BCUT2D eigenvalue weighted by molar-refractivity contribution is 5.43. The van der Waals surface area contributed by atoms with Gasteiger partial charge in [0.1, 0.15) is 0 Å². The van der Waals surface area contributed by atoms with Crippen molar-refractivity contribution in [3.05, 3.63) is 65.2 Å². The van der Waals surface area contributed by atoms with Gasteiger partial charge in [-0.25, -0.2) is 0 Å². The molecule has 94 valence electrons. The maximum absolute atomic E-state index is 3.45. The molecule has 0 unspecified atom stereocenters. The average molecular weight is 240 g/mol. The number of hydrogen-bond donors (Lipinski definition) is 2. The van der Waals surface area contributed by atoms with Gasteiger partial charge in [0, 0.05) is 25.8 Å². The molecule has 0 fully saturated rings. The molecule has 2 aromatic rings. The Kier molecular flexibility index (Phi) is 4.37. The number of hydrogen-bond acceptors (Lipinski definition) is 2. The Morgan fingerprint density at radius 1 is 0.778 bits per heavy atom. The molecule has 2 nitrogen and oxygen atoms in total. The Morgan fingerprint density at radius 2 is 1.28 bits per heavy atom. The van der Waals surface area contributed by atoms with Crippen LogP contribution >= 0.6 is 0 Å². The molecule has 0 spiro atoms. The number of aryl methyl sites for hydroxylation is 1. The van der Waals surface area contributed by atoms with Gasteiger partial charge in [0.15, 0.2) is 0 Å². The molecule has 0 aliphatic carbocycles. The zero-order valence-electron chi connectivity index (χ0n) is 11.0. The summed E-state index contributed by atoms with van der Waals surface area (Å²) in [4.78, 5) is 0. The van der Waals surface area contributed by atoms with Gasteiger partial charge in [-0.15, -0.1) is 0 Å². The van der Waals surface area contributed by atoms with Crippen LogP contribution in [0, 0.1) is 6.92 Å². The third-order valence-electron chi connectivity index (χ3n) is 3.02. The van der Waals surface area contributed by atoms with Crippen LogP contribution < -0.4 is 10.6 Å². The van der Waals surface area contributed by atoms with E-state index in [1.807, 2.05) is 7.05 Å². The van der Waals surface area contributed by atoms with Gasteiger partial charge in [-0.05, 0) is 30.2 Å². The Labute approximate surface area is 109 Å². The summed E-state index contributed by atoms with van der Waals surface area (Å²) in [5.74, 6) is 0. The van der Waals surface area contributed by atoms with E-state index in [9.17, 15) is 0 Å². The van der Waals surface area contributed by atoms with Crippen molar-refractivity contribution in [3.63, 3.8) is 0 Å². The Bertz CT molecular complexity index is 471. The summed E-state index contributed by atoms with van der Waals surface area (Å²) in [6.07, 6.45) is 0. The van der Waals surface area contributed by atoms with Gasteiger partial charge in [-0.2, -0.15) is 0 Å². The van der Waals surface area contributed by atoms with Crippen molar-refractivity contribution in [2.24, 2.45) is 0 Å². The second-order valence-electron chi connectivity index (χ2n) is 4.54. The number of rotatable bonds is 5. The molecular formula is C16H20N2. The summed E-state index contributed by atoms with van der Waals surface area (Å²) < 4.78 is 0. The first-order chi connectivity index (χ1) is 8.78. The van der Waals surface area contributed by atoms with E-state index in [0.717, 1.165) is 18.8 Å². The molecule has 2 N–H and O–H groups in total. The lowest BCUT2D eigenvalue weighted by Crippen LogP contribution is -2.12. The predicted octanol–water partition coefficient (Wildman–Crippen LogP) is 3.33. The van der Waals surface area contributed by atoms with E-state index in [0.29, 0.717) is 0 Å². The Morgan fingerprint density at radius 3 is 1.78 bits per heavy atom. The summed E-state index contributed by atoms with van der Waals surface area (Å²) in [5.41, 5.74) is 5.09. The fourth-order valence-corrected chi connectivity index (χ4v) is 1.85. The minimum Gasteiger partial charge on any atom is -0.388 e. The summed E-state index contributed by atoms with van der Waals surface area (Å²) >= 11 is 0. The lowest BCUT2D eigenvalue weighted by Gasteiger charge is -2.06. The van der Waals surface area contributed by atoms with Crippen LogP contribution in [0.1, 0.15) is 16.7 Å². The van der Waals surface area contributed by atoms with Gasteiger partial charge in [0.2, 0.25) is 0 Å². The third-order valence-corrected chi connectivity index (χ3v) is 3.02. The van der Waals surface area contributed by atoms with Crippen molar-refractivity contribution in [3.8, 4) is 0 Å². The lowest BCUT2D eigenvalue weighted by atomic mass is 10.1. The highest BCUT2D eigenvalue weighted by Gasteiger charge is 1.95. The normalized spacial score (nSPS) is 10.3. The van der Waals surface area contributed by atoms with Gasteiger partial charge in [0.25, 0.3) is 0 Å². The molecule has 0 atom stereocenters. The third kappa shape index (κ3) is 3.60. The molecule has 2 rings (SSSR count). The van der Waals surface area contributed by atoms with E-state index >= 15 is 0 Å². The first-order valence-corrected chi connectivity index (χ1v) is 6.31. The molecular weight excluding hydrogens is 220 g/mol. The van der Waals surface area contributed by atoms with E-state index in [1.165, 1.54) is 16.7 Å². The highest BCUT2D eigenvalue weighted by atomic mass is 14.8. The molecule has 0 aromatic heterocycles. The molecule has 2 heteroatoms. The van der Waals surface area contributed by atoms with Crippen molar-refractivity contribution in [1.29, 1.82) is 0 Å². The maximum atomic E-state index is 3.45. The lowest BCUT2D eigenvalue weighted by molar-refractivity contribution is 0.693. The van der Waals surface area contributed by atoms with Gasteiger partial charge < -0.3 is 10.6 Å². The van der Waals surface area contributed by atoms with Crippen LogP contribution in [0.2, 0.25) is 0 Å². The van der Waals surface area contributed by atoms with Gasteiger partial charge in [-0.3, -0.25) is 0 Å². The van der Waals surface area contributed by atoms with Crippen molar-refractivity contribution >= 4 is 5.69 Å². The van der Waals surface area contributed by atoms with Gasteiger partial charge in [0.05, 0.1) is 0 Å². The van der Waals surface area contributed by atoms with E-state index in [1.54, 1.807) is 0 Å². The first kappa shape index (κ1) is 12.7. The second kappa shape index (κ2) is 6.22. The van der Waals surface area contributed by atoms with Gasteiger partial charge >= 0.3 is 0 Å². The van der Waals surface area contributed by atoms with Crippen LogP contribution in [0.25, 0.3) is 0 Å². The highest BCUT2D eigenvalue weighted by Crippen LogP contribution is 2.08.